The lowest BCUT2D eigenvalue weighted by Gasteiger charge is -2.26. The van der Waals surface area contributed by atoms with Gasteiger partial charge in [0.2, 0.25) is 10.0 Å². The molecule has 128 valence electrons. The standard InChI is InChI=1S/C17H26N2O3S/c1-2-15-6-7-18(13-15)14-16-4-3-5-17(12-16)23(20,21)19-8-10-22-11-9-19/h3-5,12,15H,2,6-11,13-14H2,1H3. The minimum absolute atomic E-state index is 0.406. The second-order valence-corrected chi connectivity index (χ2v) is 8.40. The lowest BCUT2D eigenvalue weighted by atomic mass is 10.1. The first-order valence-corrected chi connectivity index (χ1v) is 9.93. The van der Waals surface area contributed by atoms with Crippen LogP contribution in [0.2, 0.25) is 0 Å². The molecule has 0 amide bonds. The number of nitrogens with zero attached hydrogens (tertiary/aromatic N) is 2. The van der Waals surface area contributed by atoms with E-state index in [0.717, 1.165) is 31.1 Å². The molecule has 0 aromatic heterocycles. The van der Waals surface area contributed by atoms with Crippen molar-refractivity contribution >= 4 is 10.0 Å². The van der Waals surface area contributed by atoms with Gasteiger partial charge < -0.3 is 4.74 Å². The number of morpholine rings is 1. The van der Waals surface area contributed by atoms with Gasteiger partial charge in [-0.1, -0.05) is 25.5 Å². The lowest BCUT2D eigenvalue weighted by molar-refractivity contribution is 0.0730. The van der Waals surface area contributed by atoms with Crippen molar-refractivity contribution < 1.29 is 13.2 Å². The fourth-order valence-corrected chi connectivity index (χ4v) is 4.87. The topological polar surface area (TPSA) is 49.9 Å². The number of hydrogen-bond donors (Lipinski definition) is 0. The number of rotatable bonds is 5. The van der Waals surface area contributed by atoms with Crippen LogP contribution in [0.5, 0.6) is 0 Å². The fraction of sp³-hybridized carbons (Fsp3) is 0.647. The zero-order valence-electron chi connectivity index (χ0n) is 13.8. The van der Waals surface area contributed by atoms with Crippen LogP contribution < -0.4 is 0 Å². The van der Waals surface area contributed by atoms with Crippen LogP contribution in [-0.2, 0) is 21.3 Å². The second-order valence-electron chi connectivity index (χ2n) is 6.46. The molecule has 1 atom stereocenters. The quantitative estimate of drug-likeness (QED) is 0.823. The smallest absolute Gasteiger partial charge is 0.243 e. The third-order valence-corrected chi connectivity index (χ3v) is 6.75. The first-order chi connectivity index (χ1) is 11.1. The average Bonchev–Trinajstić information content (AvgIpc) is 3.03. The molecule has 1 aromatic carbocycles. The van der Waals surface area contributed by atoms with Gasteiger partial charge in [-0.2, -0.15) is 4.31 Å². The van der Waals surface area contributed by atoms with E-state index in [2.05, 4.69) is 11.8 Å². The van der Waals surface area contributed by atoms with Crippen molar-refractivity contribution in [2.24, 2.45) is 5.92 Å². The summed E-state index contributed by atoms with van der Waals surface area (Å²) >= 11 is 0. The van der Waals surface area contributed by atoms with Crippen LogP contribution in [0, 0.1) is 5.92 Å². The molecule has 23 heavy (non-hydrogen) atoms. The van der Waals surface area contributed by atoms with E-state index < -0.39 is 10.0 Å². The minimum atomic E-state index is -3.40. The molecule has 2 aliphatic rings. The van der Waals surface area contributed by atoms with E-state index in [9.17, 15) is 8.42 Å². The maximum atomic E-state index is 12.7. The van der Waals surface area contributed by atoms with Crippen LogP contribution in [0.4, 0.5) is 0 Å². The van der Waals surface area contributed by atoms with Gasteiger partial charge in [0.25, 0.3) is 0 Å². The summed E-state index contributed by atoms with van der Waals surface area (Å²) in [6, 6.07) is 7.42. The zero-order chi connectivity index (χ0) is 16.3. The first-order valence-electron chi connectivity index (χ1n) is 8.49. The molecule has 0 saturated carbocycles. The van der Waals surface area contributed by atoms with Crippen LogP contribution >= 0.6 is 0 Å². The van der Waals surface area contributed by atoms with Crippen LogP contribution in [0.3, 0.4) is 0 Å². The average molecular weight is 338 g/mol. The van der Waals surface area contributed by atoms with Crippen molar-refractivity contribution in [3.63, 3.8) is 0 Å². The maximum absolute atomic E-state index is 12.7. The molecule has 0 aliphatic carbocycles. The Hall–Kier alpha value is -0.950. The Morgan fingerprint density at radius 3 is 2.70 bits per heavy atom. The summed E-state index contributed by atoms with van der Waals surface area (Å²) in [5.74, 6) is 0.787. The summed E-state index contributed by atoms with van der Waals surface area (Å²) in [5.41, 5.74) is 1.08. The third kappa shape index (κ3) is 3.94. The highest BCUT2D eigenvalue weighted by molar-refractivity contribution is 7.89. The van der Waals surface area contributed by atoms with Gasteiger partial charge in [0, 0.05) is 26.2 Å². The number of sulfonamides is 1. The summed E-state index contributed by atoms with van der Waals surface area (Å²) in [6.07, 6.45) is 2.48. The van der Waals surface area contributed by atoms with E-state index in [1.54, 1.807) is 6.07 Å². The second kappa shape index (κ2) is 7.30. The third-order valence-electron chi connectivity index (χ3n) is 4.86. The molecule has 2 saturated heterocycles. The number of ether oxygens (including phenoxy) is 1. The normalized spacial score (nSPS) is 24.1. The van der Waals surface area contributed by atoms with Crippen molar-refractivity contribution in [1.29, 1.82) is 0 Å². The summed E-state index contributed by atoms with van der Waals surface area (Å²) in [4.78, 5) is 2.83. The molecule has 2 aliphatic heterocycles. The van der Waals surface area contributed by atoms with Crippen molar-refractivity contribution in [1.82, 2.24) is 9.21 Å². The van der Waals surface area contributed by atoms with Crippen molar-refractivity contribution in [3.05, 3.63) is 29.8 Å². The van der Waals surface area contributed by atoms with Gasteiger partial charge in [-0.3, -0.25) is 4.90 Å². The molecule has 0 bridgehead atoms. The predicted octanol–water partition coefficient (Wildman–Crippen LogP) is 1.94. The van der Waals surface area contributed by atoms with Gasteiger partial charge in [0.15, 0.2) is 0 Å². The van der Waals surface area contributed by atoms with E-state index in [-0.39, 0.29) is 0 Å². The Kier molecular flexibility index (Phi) is 5.36. The highest BCUT2D eigenvalue weighted by atomic mass is 32.2. The maximum Gasteiger partial charge on any atom is 0.243 e. The van der Waals surface area contributed by atoms with E-state index >= 15 is 0 Å². The van der Waals surface area contributed by atoms with Crippen molar-refractivity contribution in [3.8, 4) is 0 Å². The molecule has 3 rings (SSSR count). The molecule has 1 unspecified atom stereocenters. The molecule has 2 heterocycles. The first kappa shape index (κ1) is 16.9. The minimum Gasteiger partial charge on any atom is -0.379 e. The molecular weight excluding hydrogens is 312 g/mol. The fourth-order valence-electron chi connectivity index (χ4n) is 3.39. The summed E-state index contributed by atoms with van der Waals surface area (Å²) in [6.45, 7) is 7.15. The van der Waals surface area contributed by atoms with Gasteiger partial charge in [0.1, 0.15) is 0 Å². The van der Waals surface area contributed by atoms with Crippen molar-refractivity contribution in [2.75, 3.05) is 39.4 Å². The van der Waals surface area contributed by atoms with Crippen LogP contribution in [0.1, 0.15) is 25.3 Å². The molecule has 0 spiro atoms. The highest BCUT2D eigenvalue weighted by Gasteiger charge is 2.27. The Morgan fingerprint density at radius 1 is 1.22 bits per heavy atom. The van der Waals surface area contributed by atoms with Crippen LogP contribution in [0.25, 0.3) is 0 Å². The molecule has 0 N–H and O–H groups in total. The summed E-state index contributed by atoms with van der Waals surface area (Å²) in [5, 5.41) is 0. The van der Waals surface area contributed by atoms with E-state index in [4.69, 9.17) is 4.74 Å². The molecule has 0 radical (unpaired) electrons. The van der Waals surface area contributed by atoms with E-state index in [1.807, 2.05) is 18.2 Å². The van der Waals surface area contributed by atoms with Gasteiger partial charge in [-0.15, -0.1) is 0 Å². The molecular formula is C17H26N2O3S. The molecule has 6 heteroatoms. The van der Waals surface area contributed by atoms with Gasteiger partial charge in [-0.05, 0) is 36.6 Å². The molecule has 2 fully saturated rings. The Balaban J connectivity index is 1.72. The Morgan fingerprint density at radius 2 is 2.00 bits per heavy atom. The molecule has 5 nitrogen and oxygen atoms in total. The van der Waals surface area contributed by atoms with Crippen LogP contribution in [0.15, 0.2) is 29.2 Å². The van der Waals surface area contributed by atoms with Gasteiger partial charge in [-0.25, -0.2) is 8.42 Å². The van der Waals surface area contributed by atoms with E-state index in [1.165, 1.54) is 17.1 Å². The number of hydrogen-bond acceptors (Lipinski definition) is 4. The van der Waals surface area contributed by atoms with Gasteiger partial charge >= 0.3 is 0 Å². The lowest BCUT2D eigenvalue weighted by Crippen LogP contribution is -2.40. The largest absolute Gasteiger partial charge is 0.379 e. The number of likely N-dealkylation sites (tertiary alicyclic amines) is 1. The monoisotopic (exact) mass is 338 g/mol. The molecule has 1 aromatic rings. The Bertz CT molecular complexity index is 626. The zero-order valence-corrected chi connectivity index (χ0v) is 14.6. The highest BCUT2D eigenvalue weighted by Crippen LogP contribution is 2.23. The van der Waals surface area contributed by atoms with Crippen molar-refractivity contribution in [2.45, 2.75) is 31.2 Å². The SMILES string of the molecule is CCC1CCN(Cc2cccc(S(=O)(=O)N3CCOCC3)c2)C1. The summed E-state index contributed by atoms with van der Waals surface area (Å²) < 4.78 is 32.2. The summed E-state index contributed by atoms with van der Waals surface area (Å²) in [7, 11) is -3.40. The van der Waals surface area contributed by atoms with E-state index in [0.29, 0.717) is 31.2 Å². The number of benzene rings is 1. The predicted molar refractivity (Wildman–Crippen MR) is 89.7 cm³/mol. The Labute approximate surface area is 139 Å². The van der Waals surface area contributed by atoms with Crippen LogP contribution in [-0.4, -0.2) is 57.0 Å². The van der Waals surface area contributed by atoms with Gasteiger partial charge in [0.05, 0.1) is 18.1 Å².